The minimum absolute atomic E-state index is 1.62. The van der Waals surface area contributed by atoms with Crippen LogP contribution in [0.4, 0.5) is 22.0 Å². The Morgan fingerprint density at radius 2 is 1.73 bits per heavy atom. The van der Waals surface area contributed by atoms with E-state index in [4.69, 9.17) is 5.53 Å². The van der Waals surface area contributed by atoms with Crippen molar-refractivity contribution in [2.24, 2.45) is 5.11 Å². The molecular weight excluding hydrogens is 173 g/mol. The molecule has 0 aromatic carbocycles. The topological polar surface area (TPSA) is 48.8 Å². The van der Waals surface area contributed by atoms with Gasteiger partial charge >= 0.3 is 6.18 Å². The van der Waals surface area contributed by atoms with Crippen molar-refractivity contribution in [3.63, 3.8) is 0 Å². The first kappa shape index (κ1) is 9.70. The number of azide groups is 1. The Bertz CT molecular complexity index is 222. The molecule has 0 amide bonds. The molecule has 0 radical (unpaired) electrons. The highest BCUT2D eigenvalue weighted by molar-refractivity contribution is 5.03. The van der Waals surface area contributed by atoms with Gasteiger partial charge in [-0.1, -0.05) is 0 Å². The molecular formula is C3F5N3. The van der Waals surface area contributed by atoms with Gasteiger partial charge < -0.3 is 0 Å². The molecule has 0 aliphatic carbocycles. The molecule has 0 fully saturated rings. The van der Waals surface area contributed by atoms with Crippen LogP contribution in [0.15, 0.2) is 16.9 Å². The summed E-state index contributed by atoms with van der Waals surface area (Å²) in [6, 6.07) is 0. The lowest BCUT2D eigenvalue weighted by molar-refractivity contribution is -0.111. The average Bonchev–Trinajstić information content (AvgIpc) is 1.85. The van der Waals surface area contributed by atoms with Gasteiger partial charge in [0.1, 0.15) is 0 Å². The molecule has 0 N–H and O–H groups in total. The smallest absolute Gasteiger partial charge is 0.202 e. The molecule has 0 rings (SSSR count). The van der Waals surface area contributed by atoms with Crippen LogP contribution in [0.1, 0.15) is 0 Å². The lowest BCUT2D eigenvalue weighted by Gasteiger charge is -2.00. The summed E-state index contributed by atoms with van der Waals surface area (Å²) >= 11 is 0. The minimum Gasteiger partial charge on any atom is -0.202 e. The first-order valence-corrected chi connectivity index (χ1v) is 2.07. The highest BCUT2D eigenvalue weighted by atomic mass is 19.4. The van der Waals surface area contributed by atoms with Gasteiger partial charge in [-0.3, -0.25) is 0 Å². The number of hydrogen-bond acceptors (Lipinski definition) is 1. The molecule has 0 unspecified atom stereocenters. The zero-order valence-electron chi connectivity index (χ0n) is 4.73. The van der Waals surface area contributed by atoms with Crippen LogP contribution in [-0.4, -0.2) is 6.18 Å². The third-order valence-electron chi connectivity index (χ3n) is 0.563. The maximum atomic E-state index is 11.7. The van der Waals surface area contributed by atoms with Crippen molar-refractivity contribution in [2.75, 3.05) is 0 Å². The van der Waals surface area contributed by atoms with Gasteiger partial charge in [-0.15, -0.1) is 0 Å². The van der Waals surface area contributed by atoms with Crippen LogP contribution in [0.2, 0.25) is 0 Å². The Labute approximate surface area is 56.7 Å². The van der Waals surface area contributed by atoms with Crippen molar-refractivity contribution in [1.82, 2.24) is 0 Å². The van der Waals surface area contributed by atoms with E-state index in [-0.39, 0.29) is 0 Å². The van der Waals surface area contributed by atoms with Crippen molar-refractivity contribution < 1.29 is 22.0 Å². The molecule has 0 atom stereocenters. The molecule has 0 aromatic rings. The summed E-state index contributed by atoms with van der Waals surface area (Å²) < 4.78 is 56.8. The van der Waals surface area contributed by atoms with Crippen LogP contribution in [0, 0.1) is 0 Å². The van der Waals surface area contributed by atoms with E-state index >= 15 is 0 Å². The van der Waals surface area contributed by atoms with Crippen molar-refractivity contribution in [3.8, 4) is 0 Å². The Morgan fingerprint density at radius 3 is 2.00 bits per heavy atom. The van der Waals surface area contributed by atoms with E-state index in [9.17, 15) is 22.0 Å². The number of rotatable bonds is 1. The molecule has 0 aliphatic rings. The summed E-state index contributed by atoms with van der Waals surface area (Å²) in [5.74, 6) is -5.55. The van der Waals surface area contributed by atoms with Gasteiger partial charge in [-0.05, 0) is 10.6 Å². The molecule has 0 saturated carbocycles. The fourth-order valence-corrected chi connectivity index (χ4v) is 0.200. The molecule has 0 spiro atoms. The van der Waals surface area contributed by atoms with E-state index in [0.29, 0.717) is 0 Å². The van der Waals surface area contributed by atoms with Gasteiger partial charge in [0, 0.05) is 4.91 Å². The summed E-state index contributed by atoms with van der Waals surface area (Å²) in [6.07, 6.45) is -5.45. The second-order valence-corrected chi connectivity index (χ2v) is 1.29. The normalized spacial score (nSPS) is 13.5. The lowest BCUT2D eigenvalue weighted by Crippen LogP contribution is -2.08. The van der Waals surface area contributed by atoms with E-state index in [2.05, 4.69) is 0 Å². The summed E-state index contributed by atoms with van der Waals surface area (Å²) in [7, 11) is 0. The highest BCUT2D eigenvalue weighted by Gasteiger charge is 2.37. The van der Waals surface area contributed by atoms with E-state index < -0.39 is 18.0 Å². The third kappa shape index (κ3) is 2.85. The maximum absolute atomic E-state index is 11.7. The summed E-state index contributed by atoms with van der Waals surface area (Å²) in [6.45, 7) is 0. The van der Waals surface area contributed by atoms with E-state index in [1.165, 1.54) is 0 Å². The SMILES string of the molecule is [N-]=[N+]=NC(F)=C(F)C(F)(F)F. The van der Waals surface area contributed by atoms with Crippen molar-refractivity contribution >= 4 is 0 Å². The second-order valence-electron chi connectivity index (χ2n) is 1.29. The number of nitrogens with zero attached hydrogens (tertiary/aromatic N) is 3. The van der Waals surface area contributed by atoms with Crippen LogP contribution < -0.4 is 0 Å². The standard InChI is InChI=1S/C3F5N3/c4-1(3(6,7)8)2(5)10-11-9. The summed E-state index contributed by atoms with van der Waals surface area (Å²) in [4.78, 5) is 1.62. The fourth-order valence-electron chi connectivity index (χ4n) is 0.200. The van der Waals surface area contributed by atoms with E-state index in [0.717, 1.165) is 0 Å². The van der Waals surface area contributed by atoms with Gasteiger partial charge in [0.25, 0.3) is 0 Å². The Kier molecular flexibility index (Phi) is 2.82. The first-order chi connectivity index (χ1) is 4.89. The Hall–Kier alpha value is -1.30. The molecule has 8 heteroatoms. The zero-order valence-corrected chi connectivity index (χ0v) is 4.73. The molecule has 3 nitrogen and oxygen atoms in total. The molecule has 0 bridgehead atoms. The predicted octanol–water partition coefficient (Wildman–Crippen LogP) is 2.97. The van der Waals surface area contributed by atoms with Crippen LogP contribution >= 0.6 is 0 Å². The molecule has 62 valence electrons. The quantitative estimate of drug-likeness (QED) is 0.192. The third-order valence-corrected chi connectivity index (χ3v) is 0.563. The van der Waals surface area contributed by atoms with Crippen LogP contribution in [0.3, 0.4) is 0 Å². The van der Waals surface area contributed by atoms with Gasteiger partial charge in [-0.25, -0.2) is 4.39 Å². The van der Waals surface area contributed by atoms with Gasteiger partial charge in [0.05, 0.1) is 0 Å². The first-order valence-electron chi connectivity index (χ1n) is 2.07. The van der Waals surface area contributed by atoms with Crippen molar-refractivity contribution in [2.45, 2.75) is 6.18 Å². The number of halogens is 5. The largest absolute Gasteiger partial charge is 0.445 e. The number of hydrogen-bond donors (Lipinski definition) is 0. The lowest BCUT2D eigenvalue weighted by atomic mass is 10.5. The predicted molar refractivity (Wildman–Crippen MR) is 24.4 cm³/mol. The van der Waals surface area contributed by atoms with Crippen molar-refractivity contribution in [1.29, 1.82) is 0 Å². The molecule has 0 heterocycles. The van der Waals surface area contributed by atoms with Gasteiger partial charge in [0.2, 0.25) is 11.8 Å². The Morgan fingerprint density at radius 1 is 1.27 bits per heavy atom. The van der Waals surface area contributed by atoms with Crippen molar-refractivity contribution in [3.05, 3.63) is 22.2 Å². The zero-order chi connectivity index (χ0) is 9.07. The fraction of sp³-hybridized carbons (Fsp3) is 0.333. The van der Waals surface area contributed by atoms with Gasteiger partial charge in [-0.2, -0.15) is 17.6 Å². The second kappa shape index (κ2) is 3.20. The number of alkyl halides is 3. The molecule has 0 saturated heterocycles. The Balaban J connectivity index is 4.81. The molecule has 0 aromatic heterocycles. The maximum Gasteiger partial charge on any atom is 0.445 e. The molecule has 0 aliphatic heterocycles. The van der Waals surface area contributed by atoms with Gasteiger partial charge in [0.15, 0.2) is 0 Å². The van der Waals surface area contributed by atoms with E-state index in [1.807, 2.05) is 0 Å². The summed E-state index contributed by atoms with van der Waals surface area (Å²) in [5.41, 5.74) is 7.40. The highest BCUT2D eigenvalue weighted by Crippen LogP contribution is 2.29. The number of allylic oxidation sites excluding steroid dienone is 1. The minimum atomic E-state index is -5.45. The van der Waals surface area contributed by atoms with Crippen LogP contribution in [0.5, 0.6) is 0 Å². The van der Waals surface area contributed by atoms with Crippen LogP contribution in [0.25, 0.3) is 10.4 Å². The average molecular weight is 173 g/mol. The molecule has 11 heavy (non-hydrogen) atoms. The van der Waals surface area contributed by atoms with E-state index in [1.54, 1.807) is 10.0 Å². The summed E-state index contributed by atoms with van der Waals surface area (Å²) in [5, 5.41) is 1.79. The van der Waals surface area contributed by atoms with Crippen LogP contribution in [-0.2, 0) is 0 Å². The monoisotopic (exact) mass is 173 g/mol.